The van der Waals surface area contributed by atoms with Gasteiger partial charge in [0.25, 0.3) is 0 Å². The van der Waals surface area contributed by atoms with Crippen molar-refractivity contribution in [3.8, 4) is 5.75 Å². The summed E-state index contributed by atoms with van der Waals surface area (Å²) in [6.07, 6.45) is 0.825. The van der Waals surface area contributed by atoms with E-state index in [9.17, 15) is 4.39 Å². The summed E-state index contributed by atoms with van der Waals surface area (Å²) >= 11 is 0. The average Bonchev–Trinajstić information content (AvgIpc) is 2.92. The van der Waals surface area contributed by atoms with E-state index in [1.165, 1.54) is 17.7 Å². The second kappa shape index (κ2) is 4.34. The summed E-state index contributed by atoms with van der Waals surface area (Å²) < 4.78 is 18.7. The Kier molecular flexibility index (Phi) is 2.49. The van der Waals surface area contributed by atoms with E-state index in [1.807, 2.05) is 23.2 Å². The van der Waals surface area contributed by atoms with Crippen molar-refractivity contribution < 1.29 is 9.13 Å². The minimum Gasteiger partial charge on any atom is -0.471 e. The molecule has 0 bridgehead atoms. The number of hydrogen-bond acceptors (Lipinski definition) is 3. The predicted molar refractivity (Wildman–Crippen MR) is 74.1 cm³/mol. The van der Waals surface area contributed by atoms with E-state index in [2.05, 4.69) is 11.2 Å². The summed E-state index contributed by atoms with van der Waals surface area (Å²) in [6, 6.07) is 14.8. The fourth-order valence-electron chi connectivity index (χ4n) is 2.78. The molecule has 2 aromatic carbocycles. The Hall–Kier alpha value is -2.36. The minimum atomic E-state index is -0.223. The normalized spacial score (nSPS) is 19.9. The molecule has 0 saturated heterocycles. The van der Waals surface area contributed by atoms with Crippen molar-refractivity contribution in [2.24, 2.45) is 5.10 Å². The Morgan fingerprint density at radius 3 is 2.75 bits per heavy atom. The van der Waals surface area contributed by atoms with Crippen molar-refractivity contribution in [3.63, 3.8) is 0 Å². The maximum absolute atomic E-state index is 13.0. The smallest absolute Gasteiger partial charge is 0.177 e. The van der Waals surface area contributed by atoms with Gasteiger partial charge < -0.3 is 4.74 Å². The first-order valence-corrected chi connectivity index (χ1v) is 6.63. The first-order chi connectivity index (χ1) is 9.81. The van der Waals surface area contributed by atoms with Crippen LogP contribution in [0.4, 0.5) is 4.39 Å². The monoisotopic (exact) mass is 268 g/mol. The molecule has 20 heavy (non-hydrogen) atoms. The summed E-state index contributed by atoms with van der Waals surface area (Å²) in [5, 5.41) is 6.57. The van der Waals surface area contributed by atoms with Crippen LogP contribution in [0.15, 0.2) is 53.6 Å². The minimum absolute atomic E-state index is 0.222. The topological polar surface area (TPSA) is 24.8 Å². The number of hydrogen-bond donors (Lipinski definition) is 0. The lowest BCUT2D eigenvalue weighted by atomic mass is 9.97. The Balaban J connectivity index is 1.67. The SMILES string of the molecule is Fc1ccc(C2=NN3COc4ccccc4[C@@H]3C2)cc1. The molecule has 2 aliphatic heterocycles. The van der Waals surface area contributed by atoms with Crippen LogP contribution in [-0.4, -0.2) is 17.5 Å². The lowest BCUT2D eigenvalue weighted by molar-refractivity contribution is 0.0750. The van der Waals surface area contributed by atoms with Crippen LogP contribution in [0.1, 0.15) is 23.6 Å². The molecule has 1 atom stereocenters. The quantitative estimate of drug-likeness (QED) is 0.792. The van der Waals surface area contributed by atoms with E-state index in [4.69, 9.17) is 4.74 Å². The number of benzene rings is 2. The average molecular weight is 268 g/mol. The van der Waals surface area contributed by atoms with Gasteiger partial charge in [0, 0.05) is 12.0 Å². The van der Waals surface area contributed by atoms with Gasteiger partial charge in [0.2, 0.25) is 0 Å². The molecule has 0 aromatic heterocycles. The standard InChI is InChI=1S/C16H13FN2O/c17-12-7-5-11(6-8-12)14-9-15-13-3-1-2-4-16(13)20-10-19(15)18-14/h1-8,15H,9-10H2/t15-/m0/s1. The molecule has 0 amide bonds. The van der Waals surface area contributed by atoms with Gasteiger partial charge in [-0.3, -0.25) is 5.01 Å². The van der Waals surface area contributed by atoms with E-state index >= 15 is 0 Å². The Morgan fingerprint density at radius 1 is 1.10 bits per heavy atom. The summed E-state index contributed by atoms with van der Waals surface area (Å²) in [7, 11) is 0. The van der Waals surface area contributed by atoms with E-state index in [1.54, 1.807) is 12.1 Å². The molecular formula is C16H13FN2O. The van der Waals surface area contributed by atoms with E-state index in [0.29, 0.717) is 6.73 Å². The van der Waals surface area contributed by atoms with Crippen molar-refractivity contribution in [2.45, 2.75) is 12.5 Å². The van der Waals surface area contributed by atoms with Gasteiger partial charge in [-0.15, -0.1) is 0 Å². The molecule has 2 aliphatic rings. The number of fused-ring (bicyclic) bond motifs is 3. The Labute approximate surface area is 116 Å². The van der Waals surface area contributed by atoms with Crippen LogP contribution < -0.4 is 4.74 Å². The third-order valence-corrected chi connectivity index (χ3v) is 3.80. The van der Waals surface area contributed by atoms with Crippen LogP contribution in [0.5, 0.6) is 5.75 Å². The number of nitrogens with zero attached hydrogens (tertiary/aromatic N) is 2. The summed E-state index contributed by atoms with van der Waals surface area (Å²) in [5.41, 5.74) is 3.12. The Bertz CT molecular complexity index is 681. The largest absolute Gasteiger partial charge is 0.471 e. The van der Waals surface area contributed by atoms with Crippen molar-refractivity contribution in [3.05, 3.63) is 65.5 Å². The third-order valence-electron chi connectivity index (χ3n) is 3.80. The molecule has 0 N–H and O–H groups in total. The van der Waals surface area contributed by atoms with Gasteiger partial charge in [0.1, 0.15) is 11.6 Å². The zero-order valence-electron chi connectivity index (χ0n) is 10.8. The van der Waals surface area contributed by atoms with Gasteiger partial charge in [0.05, 0.1) is 11.8 Å². The van der Waals surface area contributed by atoms with Crippen molar-refractivity contribution in [1.29, 1.82) is 0 Å². The fourth-order valence-corrected chi connectivity index (χ4v) is 2.78. The maximum Gasteiger partial charge on any atom is 0.177 e. The zero-order valence-corrected chi connectivity index (χ0v) is 10.8. The highest BCUT2D eigenvalue weighted by Gasteiger charge is 2.33. The lowest BCUT2D eigenvalue weighted by Gasteiger charge is -2.30. The second-order valence-electron chi connectivity index (χ2n) is 5.02. The molecule has 2 aromatic rings. The van der Waals surface area contributed by atoms with Crippen LogP contribution in [0.25, 0.3) is 0 Å². The molecule has 0 fully saturated rings. The van der Waals surface area contributed by atoms with E-state index in [0.717, 1.165) is 23.4 Å². The molecule has 100 valence electrons. The first-order valence-electron chi connectivity index (χ1n) is 6.63. The van der Waals surface area contributed by atoms with Gasteiger partial charge in [-0.25, -0.2) is 4.39 Å². The second-order valence-corrected chi connectivity index (χ2v) is 5.02. The molecule has 0 unspecified atom stereocenters. The molecule has 4 rings (SSSR count). The summed E-state index contributed by atoms with van der Waals surface area (Å²) in [6.45, 7) is 0.465. The molecule has 0 saturated carbocycles. The molecular weight excluding hydrogens is 255 g/mol. The predicted octanol–water partition coefficient (Wildman–Crippen LogP) is 3.33. The number of halogens is 1. The van der Waals surface area contributed by atoms with Crippen LogP contribution >= 0.6 is 0 Å². The van der Waals surface area contributed by atoms with Gasteiger partial charge in [0.15, 0.2) is 6.73 Å². The third kappa shape index (κ3) is 1.76. The van der Waals surface area contributed by atoms with Crippen LogP contribution in [0.2, 0.25) is 0 Å². The number of ether oxygens (including phenoxy) is 1. The highest BCUT2D eigenvalue weighted by Crippen LogP contribution is 2.40. The van der Waals surface area contributed by atoms with Crippen molar-refractivity contribution in [1.82, 2.24) is 5.01 Å². The lowest BCUT2D eigenvalue weighted by Crippen LogP contribution is -2.29. The maximum atomic E-state index is 13.0. The molecule has 0 radical (unpaired) electrons. The number of para-hydroxylation sites is 1. The zero-order chi connectivity index (χ0) is 13.5. The first kappa shape index (κ1) is 11.5. The molecule has 2 heterocycles. The van der Waals surface area contributed by atoms with Gasteiger partial charge >= 0.3 is 0 Å². The van der Waals surface area contributed by atoms with Crippen LogP contribution in [-0.2, 0) is 0 Å². The van der Waals surface area contributed by atoms with Crippen LogP contribution in [0.3, 0.4) is 0 Å². The summed E-state index contributed by atoms with van der Waals surface area (Å²) in [5.74, 6) is 0.711. The van der Waals surface area contributed by atoms with Crippen LogP contribution in [0, 0.1) is 5.82 Å². The number of hydrazone groups is 1. The van der Waals surface area contributed by atoms with Gasteiger partial charge in [-0.1, -0.05) is 30.3 Å². The van der Waals surface area contributed by atoms with Gasteiger partial charge in [-0.05, 0) is 23.8 Å². The van der Waals surface area contributed by atoms with Crippen molar-refractivity contribution in [2.75, 3.05) is 6.73 Å². The fraction of sp³-hybridized carbons (Fsp3) is 0.188. The Morgan fingerprint density at radius 2 is 1.90 bits per heavy atom. The molecule has 0 spiro atoms. The van der Waals surface area contributed by atoms with Crippen molar-refractivity contribution >= 4 is 5.71 Å². The molecule has 3 nitrogen and oxygen atoms in total. The highest BCUT2D eigenvalue weighted by molar-refractivity contribution is 6.01. The molecule has 4 heteroatoms. The van der Waals surface area contributed by atoms with E-state index < -0.39 is 0 Å². The summed E-state index contributed by atoms with van der Waals surface area (Å²) in [4.78, 5) is 0. The van der Waals surface area contributed by atoms with Gasteiger partial charge in [-0.2, -0.15) is 5.10 Å². The number of rotatable bonds is 1. The molecule has 0 aliphatic carbocycles. The van der Waals surface area contributed by atoms with E-state index in [-0.39, 0.29) is 11.9 Å². The highest BCUT2D eigenvalue weighted by atomic mass is 19.1.